The van der Waals surface area contributed by atoms with E-state index < -0.39 is 5.38 Å². The molecule has 0 bridgehead atoms. The number of nitrogens with one attached hydrogen (secondary N) is 2. The maximum atomic E-state index is 13.5. The fourth-order valence-electron chi connectivity index (χ4n) is 3.78. The summed E-state index contributed by atoms with van der Waals surface area (Å²) in [6, 6.07) is 16.4. The van der Waals surface area contributed by atoms with Gasteiger partial charge < -0.3 is 15.4 Å². The van der Waals surface area contributed by atoms with Crippen LogP contribution in [0, 0.1) is 11.7 Å². The highest BCUT2D eigenvalue weighted by molar-refractivity contribution is 6.23. The smallest absolute Gasteiger partial charge is 0.131 e. The second-order valence-corrected chi connectivity index (χ2v) is 9.03. The van der Waals surface area contributed by atoms with Crippen molar-refractivity contribution in [3.8, 4) is 5.75 Å². The first kappa shape index (κ1) is 23.3. The van der Waals surface area contributed by atoms with E-state index >= 15 is 0 Å². The fraction of sp³-hybridized carbons (Fsp3) is 0.296. The van der Waals surface area contributed by atoms with Gasteiger partial charge in [-0.05, 0) is 58.5 Å². The van der Waals surface area contributed by atoms with Crippen LogP contribution in [0.5, 0.6) is 5.75 Å². The summed E-state index contributed by atoms with van der Waals surface area (Å²) in [7, 11) is 0. The van der Waals surface area contributed by atoms with Gasteiger partial charge in [0.25, 0.3) is 0 Å². The van der Waals surface area contributed by atoms with E-state index in [1.807, 2.05) is 30.3 Å². The van der Waals surface area contributed by atoms with Crippen LogP contribution in [-0.2, 0) is 6.54 Å². The number of anilines is 1. The Bertz CT molecular complexity index is 1100. The summed E-state index contributed by atoms with van der Waals surface area (Å²) >= 11 is 6.97. The van der Waals surface area contributed by atoms with Gasteiger partial charge in [0, 0.05) is 31.4 Å². The summed E-state index contributed by atoms with van der Waals surface area (Å²) in [5.41, 5.74) is 5.08. The number of nitrogens with zero attached hydrogens (tertiary/aromatic N) is 1. The molecule has 3 aromatic rings. The molecule has 0 fully saturated rings. The van der Waals surface area contributed by atoms with Crippen molar-refractivity contribution in [3.63, 3.8) is 0 Å². The minimum absolute atomic E-state index is 0.282. The molecule has 6 heteroatoms. The molecule has 1 atom stereocenters. The van der Waals surface area contributed by atoms with Crippen LogP contribution in [0.2, 0.25) is 0 Å². The van der Waals surface area contributed by atoms with Crippen molar-refractivity contribution < 1.29 is 9.13 Å². The number of hydrogen-bond acceptors (Lipinski definition) is 4. The van der Waals surface area contributed by atoms with E-state index in [9.17, 15) is 4.39 Å². The normalized spacial score (nSPS) is 14.3. The summed E-state index contributed by atoms with van der Waals surface area (Å²) in [4.78, 5) is 4.61. The molecule has 1 aromatic heterocycles. The standard InChI is InChI=1S/C27H29ClFN3O/c1-18(2)17-33-23-9-3-19(4-10-23)15-32-27-25(26(28)20-5-7-22(29)8-6-20)24(12-14-31-27)21-11-13-30-16-21/h3-12,14,18,26,30H,13,15-17H2,1-2H3,(H,31,32). The quantitative estimate of drug-likeness (QED) is 0.370. The van der Waals surface area contributed by atoms with Crippen molar-refractivity contribution in [2.24, 2.45) is 5.92 Å². The second-order valence-electron chi connectivity index (χ2n) is 8.60. The molecule has 1 aliphatic heterocycles. The molecule has 0 spiro atoms. The van der Waals surface area contributed by atoms with Crippen molar-refractivity contribution in [2.45, 2.75) is 25.8 Å². The molecule has 0 aliphatic carbocycles. The zero-order chi connectivity index (χ0) is 23.2. The van der Waals surface area contributed by atoms with Crippen molar-refractivity contribution >= 4 is 23.0 Å². The predicted molar refractivity (Wildman–Crippen MR) is 133 cm³/mol. The van der Waals surface area contributed by atoms with Crippen LogP contribution in [0.4, 0.5) is 10.2 Å². The Balaban J connectivity index is 1.58. The van der Waals surface area contributed by atoms with Gasteiger partial charge >= 0.3 is 0 Å². The van der Waals surface area contributed by atoms with Crippen LogP contribution in [0.15, 0.2) is 66.9 Å². The maximum Gasteiger partial charge on any atom is 0.131 e. The van der Waals surface area contributed by atoms with Crippen LogP contribution in [-0.4, -0.2) is 24.7 Å². The zero-order valence-electron chi connectivity index (χ0n) is 18.9. The Kier molecular flexibility index (Phi) is 7.63. The molecule has 4 rings (SSSR count). The van der Waals surface area contributed by atoms with Crippen molar-refractivity contribution in [1.29, 1.82) is 0 Å². The molecule has 2 heterocycles. The monoisotopic (exact) mass is 465 g/mol. The Morgan fingerprint density at radius 3 is 2.52 bits per heavy atom. The lowest BCUT2D eigenvalue weighted by Crippen LogP contribution is -2.12. The first-order chi connectivity index (χ1) is 16.0. The topological polar surface area (TPSA) is 46.2 Å². The largest absolute Gasteiger partial charge is 0.493 e. The van der Waals surface area contributed by atoms with Crippen molar-refractivity contribution in [3.05, 3.63) is 94.9 Å². The van der Waals surface area contributed by atoms with E-state index in [2.05, 4.69) is 35.5 Å². The molecule has 0 saturated carbocycles. The summed E-state index contributed by atoms with van der Waals surface area (Å²) < 4.78 is 19.3. The van der Waals surface area contributed by atoms with Gasteiger partial charge in [0.1, 0.15) is 17.4 Å². The molecule has 2 N–H and O–H groups in total. The third kappa shape index (κ3) is 5.92. The van der Waals surface area contributed by atoms with Crippen LogP contribution in [0.25, 0.3) is 5.57 Å². The van der Waals surface area contributed by atoms with Crippen molar-refractivity contribution in [1.82, 2.24) is 10.3 Å². The number of ether oxygens (including phenoxy) is 1. The number of rotatable bonds is 9. The fourth-order valence-corrected chi connectivity index (χ4v) is 4.15. The van der Waals surface area contributed by atoms with Gasteiger partial charge in [-0.15, -0.1) is 11.6 Å². The number of hydrogen-bond donors (Lipinski definition) is 2. The minimum Gasteiger partial charge on any atom is -0.493 e. The van der Waals surface area contributed by atoms with Gasteiger partial charge in [-0.2, -0.15) is 0 Å². The highest BCUT2D eigenvalue weighted by Crippen LogP contribution is 2.38. The molecule has 172 valence electrons. The van der Waals surface area contributed by atoms with Gasteiger partial charge in [-0.3, -0.25) is 0 Å². The maximum absolute atomic E-state index is 13.5. The lowest BCUT2D eigenvalue weighted by atomic mass is 9.95. The summed E-state index contributed by atoms with van der Waals surface area (Å²) in [6.45, 7) is 7.16. The Morgan fingerprint density at radius 1 is 1.09 bits per heavy atom. The Morgan fingerprint density at radius 2 is 1.85 bits per heavy atom. The summed E-state index contributed by atoms with van der Waals surface area (Å²) in [5, 5.41) is 6.35. The van der Waals surface area contributed by atoms with E-state index in [0.717, 1.165) is 46.9 Å². The van der Waals surface area contributed by atoms with E-state index in [1.165, 1.54) is 17.7 Å². The molecule has 0 amide bonds. The lowest BCUT2D eigenvalue weighted by molar-refractivity contribution is 0.271. The Labute approximate surface area is 199 Å². The highest BCUT2D eigenvalue weighted by atomic mass is 35.5. The highest BCUT2D eigenvalue weighted by Gasteiger charge is 2.23. The molecular formula is C27H29ClFN3O. The van der Waals surface area contributed by atoms with E-state index in [1.54, 1.807) is 18.3 Å². The van der Waals surface area contributed by atoms with E-state index in [4.69, 9.17) is 16.3 Å². The SMILES string of the molecule is CC(C)COc1ccc(CNc2nccc(C3=CCNC3)c2C(Cl)c2ccc(F)cc2)cc1. The first-order valence-corrected chi connectivity index (χ1v) is 11.7. The van der Waals surface area contributed by atoms with Gasteiger partial charge in [0.05, 0.1) is 12.0 Å². The Hall–Kier alpha value is -2.89. The van der Waals surface area contributed by atoms with Crippen LogP contribution in [0.1, 0.15) is 41.5 Å². The molecule has 1 aliphatic rings. The van der Waals surface area contributed by atoms with Crippen molar-refractivity contribution in [2.75, 3.05) is 25.0 Å². The van der Waals surface area contributed by atoms with Crippen LogP contribution in [0.3, 0.4) is 0 Å². The average Bonchev–Trinajstić information content (AvgIpc) is 3.37. The van der Waals surface area contributed by atoms with E-state index in [0.29, 0.717) is 19.1 Å². The molecule has 2 aromatic carbocycles. The summed E-state index contributed by atoms with van der Waals surface area (Å²) in [5.74, 6) is 1.80. The molecule has 4 nitrogen and oxygen atoms in total. The zero-order valence-corrected chi connectivity index (χ0v) is 19.7. The second kappa shape index (κ2) is 10.8. The molecular weight excluding hydrogens is 437 g/mol. The van der Waals surface area contributed by atoms with Crippen LogP contribution >= 0.6 is 11.6 Å². The number of aromatic nitrogens is 1. The third-order valence-electron chi connectivity index (χ3n) is 5.53. The molecule has 33 heavy (non-hydrogen) atoms. The van der Waals surface area contributed by atoms with Gasteiger partial charge in [-0.25, -0.2) is 9.37 Å². The van der Waals surface area contributed by atoms with Crippen LogP contribution < -0.4 is 15.4 Å². The predicted octanol–water partition coefficient (Wildman–Crippen LogP) is 6.18. The number of pyridine rings is 1. The molecule has 0 saturated heterocycles. The molecule has 1 unspecified atom stereocenters. The number of alkyl halides is 1. The lowest BCUT2D eigenvalue weighted by Gasteiger charge is -2.20. The minimum atomic E-state index is -0.467. The van der Waals surface area contributed by atoms with E-state index in [-0.39, 0.29) is 5.82 Å². The number of benzene rings is 2. The summed E-state index contributed by atoms with van der Waals surface area (Å²) in [6.07, 6.45) is 3.98. The average molecular weight is 466 g/mol. The van der Waals surface area contributed by atoms with Gasteiger partial charge in [0.15, 0.2) is 0 Å². The number of halogens is 2. The molecule has 0 radical (unpaired) electrons. The third-order valence-corrected chi connectivity index (χ3v) is 6.00. The van der Waals surface area contributed by atoms with Gasteiger partial charge in [-0.1, -0.05) is 44.2 Å². The van der Waals surface area contributed by atoms with Gasteiger partial charge in [0.2, 0.25) is 0 Å². The first-order valence-electron chi connectivity index (χ1n) is 11.3.